The highest BCUT2D eigenvalue weighted by Gasteiger charge is 2.10. The number of hydrogen-bond acceptors (Lipinski definition) is 3. The lowest BCUT2D eigenvalue weighted by Crippen LogP contribution is -2.14. The minimum absolute atomic E-state index is 0.293. The number of aromatic nitrogens is 3. The second kappa shape index (κ2) is 10.5. The summed E-state index contributed by atoms with van der Waals surface area (Å²) < 4.78 is 1.87. The Labute approximate surface area is 129 Å². The SMILES string of the molecule is CCCCCCCCCC(=O)Cc1ncnn1CC(C)C. The second-order valence-corrected chi connectivity index (χ2v) is 6.34. The minimum atomic E-state index is 0.293. The molecule has 4 nitrogen and oxygen atoms in total. The predicted octanol–water partition coefficient (Wildman–Crippen LogP) is 4.19. The molecule has 1 aromatic rings. The van der Waals surface area contributed by atoms with Crippen LogP contribution in [-0.4, -0.2) is 20.5 Å². The molecule has 1 heterocycles. The van der Waals surface area contributed by atoms with Gasteiger partial charge in [-0.1, -0.05) is 59.3 Å². The topological polar surface area (TPSA) is 47.8 Å². The summed E-state index contributed by atoms with van der Waals surface area (Å²) in [6.07, 6.45) is 11.4. The van der Waals surface area contributed by atoms with Crippen molar-refractivity contribution in [2.45, 2.75) is 85.1 Å². The number of hydrogen-bond donors (Lipinski definition) is 0. The van der Waals surface area contributed by atoms with E-state index in [-0.39, 0.29) is 0 Å². The maximum absolute atomic E-state index is 12.0. The van der Waals surface area contributed by atoms with E-state index in [2.05, 4.69) is 30.9 Å². The summed E-state index contributed by atoms with van der Waals surface area (Å²) in [4.78, 5) is 16.2. The molecule has 0 N–H and O–H groups in total. The molecule has 1 rings (SSSR count). The van der Waals surface area contributed by atoms with Crippen LogP contribution in [0.4, 0.5) is 0 Å². The van der Waals surface area contributed by atoms with Crippen LogP contribution in [0.5, 0.6) is 0 Å². The average molecular weight is 293 g/mol. The number of carbonyl (C=O) groups is 1. The molecule has 0 aliphatic carbocycles. The van der Waals surface area contributed by atoms with Gasteiger partial charge in [0.25, 0.3) is 0 Å². The van der Waals surface area contributed by atoms with Gasteiger partial charge in [-0.3, -0.25) is 4.79 Å². The molecule has 1 aromatic heterocycles. The monoisotopic (exact) mass is 293 g/mol. The van der Waals surface area contributed by atoms with Crippen molar-refractivity contribution in [3.8, 4) is 0 Å². The van der Waals surface area contributed by atoms with Gasteiger partial charge in [-0.05, 0) is 12.3 Å². The van der Waals surface area contributed by atoms with E-state index in [0.717, 1.165) is 18.8 Å². The van der Waals surface area contributed by atoms with E-state index in [1.807, 2.05) is 4.68 Å². The van der Waals surface area contributed by atoms with Gasteiger partial charge in [0.1, 0.15) is 17.9 Å². The average Bonchev–Trinajstić information content (AvgIpc) is 2.84. The fourth-order valence-electron chi connectivity index (χ4n) is 2.47. The largest absolute Gasteiger partial charge is 0.299 e. The Morgan fingerprint density at radius 1 is 1.14 bits per heavy atom. The van der Waals surface area contributed by atoms with Gasteiger partial charge in [-0.15, -0.1) is 0 Å². The van der Waals surface area contributed by atoms with Crippen LogP contribution >= 0.6 is 0 Å². The molecule has 0 atom stereocenters. The zero-order chi connectivity index (χ0) is 15.5. The van der Waals surface area contributed by atoms with Crippen molar-refractivity contribution in [2.75, 3.05) is 0 Å². The number of nitrogens with zero attached hydrogens (tertiary/aromatic N) is 3. The van der Waals surface area contributed by atoms with Gasteiger partial charge in [0.05, 0.1) is 6.42 Å². The normalized spacial score (nSPS) is 11.2. The summed E-state index contributed by atoms with van der Waals surface area (Å²) in [6, 6.07) is 0. The van der Waals surface area contributed by atoms with Gasteiger partial charge < -0.3 is 0 Å². The molecule has 0 bridgehead atoms. The third-order valence-electron chi connectivity index (χ3n) is 3.65. The molecule has 0 fully saturated rings. The molecular weight excluding hydrogens is 262 g/mol. The number of unbranched alkanes of at least 4 members (excludes halogenated alkanes) is 6. The second-order valence-electron chi connectivity index (χ2n) is 6.34. The molecule has 21 heavy (non-hydrogen) atoms. The maximum Gasteiger partial charge on any atom is 0.140 e. The van der Waals surface area contributed by atoms with Gasteiger partial charge in [-0.25, -0.2) is 9.67 Å². The molecular formula is C17H31N3O. The fraction of sp³-hybridized carbons (Fsp3) is 0.824. The molecule has 0 radical (unpaired) electrons. The van der Waals surface area contributed by atoms with Crippen LogP contribution in [0, 0.1) is 5.92 Å². The van der Waals surface area contributed by atoms with Gasteiger partial charge in [0.15, 0.2) is 0 Å². The van der Waals surface area contributed by atoms with E-state index in [9.17, 15) is 4.79 Å². The van der Waals surface area contributed by atoms with Gasteiger partial charge >= 0.3 is 0 Å². The van der Waals surface area contributed by atoms with Crippen molar-refractivity contribution in [1.29, 1.82) is 0 Å². The Morgan fingerprint density at radius 3 is 2.48 bits per heavy atom. The molecule has 0 saturated heterocycles. The Balaban J connectivity index is 2.17. The summed E-state index contributed by atoms with van der Waals surface area (Å²) in [7, 11) is 0. The van der Waals surface area contributed by atoms with Crippen LogP contribution in [-0.2, 0) is 17.8 Å². The van der Waals surface area contributed by atoms with E-state index < -0.39 is 0 Å². The molecule has 0 aliphatic heterocycles. The number of rotatable bonds is 12. The number of Topliss-reactive ketones (excluding diaryl/α,β-unsaturated/α-hetero) is 1. The van der Waals surface area contributed by atoms with Crippen molar-refractivity contribution in [2.24, 2.45) is 5.92 Å². The lowest BCUT2D eigenvalue weighted by Gasteiger charge is -2.08. The molecule has 0 aliphatic rings. The Hall–Kier alpha value is -1.19. The number of carbonyl (C=O) groups excluding carboxylic acids is 1. The summed E-state index contributed by atoms with van der Waals surface area (Å²) in [5.41, 5.74) is 0. The fourth-order valence-corrected chi connectivity index (χ4v) is 2.47. The first-order valence-corrected chi connectivity index (χ1v) is 8.51. The van der Waals surface area contributed by atoms with E-state index >= 15 is 0 Å². The molecule has 4 heteroatoms. The van der Waals surface area contributed by atoms with Crippen molar-refractivity contribution < 1.29 is 4.79 Å². The molecule has 0 spiro atoms. The molecule has 0 unspecified atom stereocenters. The summed E-state index contributed by atoms with van der Waals surface area (Å²) in [5.74, 6) is 1.63. The first kappa shape index (κ1) is 17.9. The lowest BCUT2D eigenvalue weighted by atomic mass is 10.1. The summed E-state index contributed by atoms with van der Waals surface area (Å²) >= 11 is 0. The Bertz CT molecular complexity index is 398. The van der Waals surface area contributed by atoms with Crippen molar-refractivity contribution >= 4 is 5.78 Å². The zero-order valence-corrected chi connectivity index (χ0v) is 14.0. The van der Waals surface area contributed by atoms with Gasteiger partial charge in [0, 0.05) is 13.0 Å². The highest BCUT2D eigenvalue weighted by molar-refractivity contribution is 5.80. The Kier molecular flexibility index (Phi) is 8.95. The van der Waals surface area contributed by atoms with Gasteiger partial charge in [-0.2, -0.15) is 5.10 Å². The highest BCUT2D eigenvalue weighted by Crippen LogP contribution is 2.10. The van der Waals surface area contributed by atoms with Crippen molar-refractivity contribution in [1.82, 2.24) is 14.8 Å². The number of ketones is 1. The molecule has 0 amide bonds. The van der Waals surface area contributed by atoms with Crippen LogP contribution in [0.3, 0.4) is 0 Å². The van der Waals surface area contributed by atoms with Crippen LogP contribution in [0.1, 0.15) is 78.0 Å². The molecule has 120 valence electrons. The highest BCUT2D eigenvalue weighted by atomic mass is 16.1. The first-order valence-electron chi connectivity index (χ1n) is 8.51. The summed E-state index contributed by atoms with van der Waals surface area (Å²) in [6.45, 7) is 7.36. The van der Waals surface area contributed by atoms with Crippen molar-refractivity contribution in [3.63, 3.8) is 0 Å². The van der Waals surface area contributed by atoms with E-state index in [1.165, 1.54) is 38.5 Å². The van der Waals surface area contributed by atoms with Gasteiger partial charge in [0.2, 0.25) is 0 Å². The zero-order valence-electron chi connectivity index (χ0n) is 14.0. The van der Waals surface area contributed by atoms with Crippen LogP contribution < -0.4 is 0 Å². The molecule has 0 saturated carbocycles. The Morgan fingerprint density at radius 2 is 1.81 bits per heavy atom. The van der Waals surface area contributed by atoms with E-state index in [1.54, 1.807) is 6.33 Å². The van der Waals surface area contributed by atoms with Crippen LogP contribution in [0.2, 0.25) is 0 Å². The predicted molar refractivity (Wildman–Crippen MR) is 86.2 cm³/mol. The van der Waals surface area contributed by atoms with E-state index in [4.69, 9.17) is 0 Å². The smallest absolute Gasteiger partial charge is 0.140 e. The standard InChI is InChI=1S/C17H31N3O/c1-4-5-6-7-8-9-10-11-16(21)12-17-18-14-19-20(17)13-15(2)3/h14-15H,4-13H2,1-3H3. The lowest BCUT2D eigenvalue weighted by molar-refractivity contribution is -0.118. The third-order valence-corrected chi connectivity index (χ3v) is 3.65. The van der Waals surface area contributed by atoms with Crippen LogP contribution in [0.25, 0.3) is 0 Å². The maximum atomic E-state index is 12.0. The first-order chi connectivity index (χ1) is 10.1. The molecule has 0 aromatic carbocycles. The van der Waals surface area contributed by atoms with Crippen LogP contribution in [0.15, 0.2) is 6.33 Å². The van der Waals surface area contributed by atoms with Crippen molar-refractivity contribution in [3.05, 3.63) is 12.2 Å². The summed E-state index contributed by atoms with van der Waals surface area (Å²) in [5, 5.41) is 4.20. The minimum Gasteiger partial charge on any atom is -0.299 e. The van der Waals surface area contributed by atoms with E-state index in [0.29, 0.717) is 24.5 Å². The quantitative estimate of drug-likeness (QED) is 0.543. The third kappa shape index (κ3) is 7.98.